The Morgan fingerprint density at radius 2 is 1.95 bits per heavy atom. The van der Waals surface area contributed by atoms with Crippen molar-refractivity contribution < 1.29 is 19.1 Å². The van der Waals surface area contributed by atoms with E-state index in [-0.39, 0.29) is 6.61 Å². The first-order valence-electron chi connectivity index (χ1n) is 5.92. The highest BCUT2D eigenvalue weighted by molar-refractivity contribution is 5.81. The first-order chi connectivity index (χ1) is 9.06. The molecule has 1 aromatic carbocycles. The number of hydrogen-bond acceptors (Lipinski definition) is 5. The van der Waals surface area contributed by atoms with Crippen molar-refractivity contribution in [1.82, 2.24) is 5.32 Å². The molecule has 1 aromatic rings. The fourth-order valence-electron chi connectivity index (χ4n) is 1.54. The molecule has 0 saturated carbocycles. The smallest absolute Gasteiger partial charge is 0.407 e. The molecule has 0 aliphatic heterocycles. The highest BCUT2D eigenvalue weighted by Crippen LogP contribution is 2.09. The van der Waals surface area contributed by atoms with Crippen molar-refractivity contribution in [3.05, 3.63) is 29.8 Å². The average Bonchev–Trinajstić information content (AvgIpc) is 2.40. The second kappa shape index (κ2) is 7.25. The van der Waals surface area contributed by atoms with Gasteiger partial charge in [-0.15, -0.1) is 0 Å². The van der Waals surface area contributed by atoms with E-state index in [1.54, 1.807) is 31.2 Å². The van der Waals surface area contributed by atoms with Crippen molar-refractivity contribution in [3.8, 4) is 0 Å². The van der Waals surface area contributed by atoms with Gasteiger partial charge in [0.25, 0.3) is 0 Å². The molecule has 6 heteroatoms. The molecule has 0 radical (unpaired) electrons. The van der Waals surface area contributed by atoms with Crippen LogP contribution in [0.25, 0.3) is 0 Å². The number of nitrogens with two attached hydrogens (primary N) is 1. The Morgan fingerprint density at radius 3 is 2.47 bits per heavy atom. The van der Waals surface area contributed by atoms with Crippen LogP contribution in [0.1, 0.15) is 12.5 Å². The topological polar surface area (TPSA) is 90.6 Å². The maximum absolute atomic E-state index is 11.6. The minimum absolute atomic E-state index is 0.238. The lowest BCUT2D eigenvalue weighted by Crippen LogP contribution is -2.43. The molecule has 1 amide bonds. The lowest BCUT2D eigenvalue weighted by molar-refractivity contribution is -0.142. The minimum atomic E-state index is -0.785. The number of nitrogens with one attached hydrogen (secondary N) is 1. The van der Waals surface area contributed by atoms with Gasteiger partial charge in [-0.3, -0.25) is 0 Å². The molecule has 0 heterocycles. The molecule has 1 unspecified atom stereocenters. The Hall–Kier alpha value is -2.24. The summed E-state index contributed by atoms with van der Waals surface area (Å²) in [7, 11) is 1.27. The third-order valence-corrected chi connectivity index (χ3v) is 2.47. The molecule has 0 saturated heterocycles. The highest BCUT2D eigenvalue weighted by atomic mass is 16.6. The largest absolute Gasteiger partial charge is 0.467 e. The number of amides is 1. The summed E-state index contributed by atoms with van der Waals surface area (Å²) in [6.07, 6.45) is -0.334. The van der Waals surface area contributed by atoms with Gasteiger partial charge < -0.3 is 20.5 Å². The standard InChI is InChI=1S/C13H18N2O4/c1-3-19-13(17)15-11(12(16)18-2)8-9-4-6-10(14)7-5-9/h4-7,11H,3,8,14H2,1-2H3,(H,15,17). The SMILES string of the molecule is CCOC(=O)NC(Cc1ccc(N)cc1)C(=O)OC. The number of benzene rings is 1. The van der Waals surface area contributed by atoms with Gasteiger partial charge in [0, 0.05) is 12.1 Å². The maximum atomic E-state index is 11.6. The number of ether oxygens (including phenoxy) is 2. The third-order valence-electron chi connectivity index (χ3n) is 2.47. The summed E-state index contributed by atoms with van der Waals surface area (Å²) >= 11 is 0. The predicted octanol–water partition coefficient (Wildman–Crippen LogP) is 1.10. The number of rotatable bonds is 5. The number of methoxy groups -OCH3 is 1. The monoisotopic (exact) mass is 266 g/mol. The molecule has 0 spiro atoms. The van der Waals surface area contributed by atoms with Crippen LogP contribution in [-0.4, -0.2) is 31.8 Å². The van der Waals surface area contributed by atoms with E-state index < -0.39 is 18.1 Å². The van der Waals surface area contributed by atoms with E-state index in [0.29, 0.717) is 12.1 Å². The number of carbonyl (C=O) groups is 2. The van der Waals surface area contributed by atoms with Crippen LogP contribution in [0.4, 0.5) is 10.5 Å². The molecule has 0 fully saturated rings. The average molecular weight is 266 g/mol. The van der Waals surface area contributed by atoms with Crippen LogP contribution in [0, 0.1) is 0 Å². The molecule has 3 N–H and O–H groups in total. The van der Waals surface area contributed by atoms with E-state index in [1.807, 2.05) is 0 Å². The molecular formula is C13H18N2O4. The van der Waals surface area contributed by atoms with Crippen LogP contribution < -0.4 is 11.1 Å². The van der Waals surface area contributed by atoms with Gasteiger partial charge in [-0.05, 0) is 24.6 Å². The minimum Gasteiger partial charge on any atom is -0.467 e. The van der Waals surface area contributed by atoms with Crippen LogP contribution >= 0.6 is 0 Å². The summed E-state index contributed by atoms with van der Waals surface area (Å²) in [4.78, 5) is 23.0. The summed E-state index contributed by atoms with van der Waals surface area (Å²) in [6, 6.07) is 6.26. The maximum Gasteiger partial charge on any atom is 0.407 e. The van der Waals surface area contributed by atoms with Crippen LogP contribution in [0.5, 0.6) is 0 Å². The molecule has 0 aliphatic rings. The number of alkyl carbamates (subject to hydrolysis) is 1. The second-order valence-electron chi connectivity index (χ2n) is 3.89. The zero-order valence-corrected chi connectivity index (χ0v) is 11.0. The Labute approximate surface area is 111 Å². The summed E-state index contributed by atoms with van der Waals surface area (Å²) in [5.41, 5.74) is 7.08. The number of carbonyl (C=O) groups excluding carboxylic acids is 2. The lowest BCUT2D eigenvalue weighted by Gasteiger charge is -2.16. The van der Waals surface area contributed by atoms with Gasteiger partial charge in [-0.2, -0.15) is 0 Å². The van der Waals surface area contributed by atoms with E-state index in [9.17, 15) is 9.59 Å². The van der Waals surface area contributed by atoms with Crippen LogP contribution in [0.3, 0.4) is 0 Å². The van der Waals surface area contributed by atoms with E-state index in [0.717, 1.165) is 5.56 Å². The predicted molar refractivity (Wildman–Crippen MR) is 70.5 cm³/mol. The molecule has 104 valence electrons. The van der Waals surface area contributed by atoms with Gasteiger partial charge in [0.05, 0.1) is 13.7 Å². The summed E-state index contributed by atoms with van der Waals surface area (Å²) in [6.45, 7) is 1.92. The van der Waals surface area contributed by atoms with E-state index in [4.69, 9.17) is 10.5 Å². The summed E-state index contributed by atoms with van der Waals surface area (Å²) < 4.78 is 9.40. The number of hydrogen-bond donors (Lipinski definition) is 2. The number of anilines is 1. The Balaban J connectivity index is 2.71. The molecule has 0 aromatic heterocycles. The third kappa shape index (κ3) is 4.87. The van der Waals surface area contributed by atoms with E-state index in [2.05, 4.69) is 10.1 Å². The van der Waals surface area contributed by atoms with Gasteiger partial charge in [-0.25, -0.2) is 9.59 Å². The van der Waals surface area contributed by atoms with Crippen molar-refractivity contribution in [2.45, 2.75) is 19.4 Å². The van der Waals surface area contributed by atoms with Crippen molar-refractivity contribution in [2.75, 3.05) is 19.5 Å². The number of nitrogen functional groups attached to an aromatic ring is 1. The molecule has 1 atom stereocenters. The fourth-order valence-corrected chi connectivity index (χ4v) is 1.54. The first-order valence-corrected chi connectivity index (χ1v) is 5.92. The zero-order chi connectivity index (χ0) is 14.3. The van der Waals surface area contributed by atoms with Gasteiger partial charge in [0.15, 0.2) is 0 Å². The number of esters is 1. The highest BCUT2D eigenvalue weighted by Gasteiger charge is 2.22. The van der Waals surface area contributed by atoms with Crippen molar-refractivity contribution >= 4 is 17.7 Å². The molecule has 0 aliphatic carbocycles. The summed E-state index contributed by atoms with van der Waals surface area (Å²) in [5, 5.41) is 2.46. The van der Waals surface area contributed by atoms with Gasteiger partial charge in [0.1, 0.15) is 6.04 Å². The van der Waals surface area contributed by atoms with Crippen LogP contribution in [0.2, 0.25) is 0 Å². The molecule has 0 bridgehead atoms. The summed E-state index contributed by atoms with van der Waals surface area (Å²) in [5.74, 6) is -0.523. The molecule has 19 heavy (non-hydrogen) atoms. The molecule has 1 rings (SSSR count). The van der Waals surface area contributed by atoms with Crippen molar-refractivity contribution in [2.24, 2.45) is 0 Å². The Kier molecular flexibility index (Phi) is 5.66. The first kappa shape index (κ1) is 14.8. The van der Waals surface area contributed by atoms with Crippen LogP contribution in [-0.2, 0) is 20.7 Å². The second-order valence-corrected chi connectivity index (χ2v) is 3.89. The Morgan fingerprint density at radius 1 is 1.32 bits per heavy atom. The fraction of sp³-hybridized carbons (Fsp3) is 0.385. The van der Waals surface area contributed by atoms with Crippen molar-refractivity contribution in [3.63, 3.8) is 0 Å². The van der Waals surface area contributed by atoms with Gasteiger partial charge >= 0.3 is 12.1 Å². The molecular weight excluding hydrogens is 248 g/mol. The van der Waals surface area contributed by atoms with E-state index >= 15 is 0 Å². The van der Waals surface area contributed by atoms with Crippen molar-refractivity contribution in [1.29, 1.82) is 0 Å². The quantitative estimate of drug-likeness (QED) is 0.615. The lowest BCUT2D eigenvalue weighted by atomic mass is 10.1. The van der Waals surface area contributed by atoms with Gasteiger partial charge in [0.2, 0.25) is 0 Å². The Bertz CT molecular complexity index is 431. The normalized spacial score (nSPS) is 11.5. The zero-order valence-electron chi connectivity index (χ0n) is 11.0. The van der Waals surface area contributed by atoms with Crippen LogP contribution in [0.15, 0.2) is 24.3 Å². The van der Waals surface area contributed by atoms with E-state index in [1.165, 1.54) is 7.11 Å². The van der Waals surface area contributed by atoms with Gasteiger partial charge in [-0.1, -0.05) is 12.1 Å². The molecule has 6 nitrogen and oxygen atoms in total.